The average Bonchev–Trinajstić information content (AvgIpc) is 2.71. The lowest BCUT2D eigenvalue weighted by atomic mass is 10.1. The van der Waals surface area contributed by atoms with Gasteiger partial charge in [0.25, 0.3) is 0 Å². The van der Waals surface area contributed by atoms with E-state index in [1.54, 1.807) is 6.20 Å². The van der Waals surface area contributed by atoms with E-state index in [1.165, 1.54) is 0 Å². The Morgan fingerprint density at radius 1 is 1.18 bits per heavy atom. The van der Waals surface area contributed by atoms with Gasteiger partial charge in [-0.25, -0.2) is 0 Å². The standard InChI is InChI=1S/C14H12N2O/c1-9-3-2-4-13(16-9)10-5-6-12-11(7-10)8-15-14(12)17/h2-8,15,17H,1H3. The summed E-state index contributed by atoms with van der Waals surface area (Å²) in [7, 11) is 0. The highest BCUT2D eigenvalue weighted by Crippen LogP contribution is 2.28. The van der Waals surface area contributed by atoms with Crippen LogP contribution in [0.3, 0.4) is 0 Å². The Balaban J connectivity index is 2.18. The fraction of sp³-hybridized carbons (Fsp3) is 0.0714. The molecule has 0 spiro atoms. The highest BCUT2D eigenvalue weighted by molar-refractivity contribution is 5.90. The molecule has 2 aromatic heterocycles. The summed E-state index contributed by atoms with van der Waals surface area (Å²) >= 11 is 0. The topological polar surface area (TPSA) is 48.9 Å². The number of benzene rings is 1. The first kappa shape index (κ1) is 9.90. The molecule has 2 N–H and O–H groups in total. The van der Waals surface area contributed by atoms with Crippen LogP contribution in [0.25, 0.3) is 22.0 Å². The van der Waals surface area contributed by atoms with Crippen LogP contribution in [0, 0.1) is 6.92 Å². The number of nitrogens with zero attached hydrogens (tertiary/aromatic N) is 1. The van der Waals surface area contributed by atoms with Crippen molar-refractivity contribution in [1.82, 2.24) is 9.97 Å². The lowest BCUT2D eigenvalue weighted by molar-refractivity contribution is 0.462. The van der Waals surface area contributed by atoms with E-state index in [2.05, 4.69) is 9.97 Å². The molecule has 0 saturated carbocycles. The number of hydrogen-bond donors (Lipinski definition) is 2. The van der Waals surface area contributed by atoms with Crippen LogP contribution in [0.15, 0.2) is 42.6 Å². The monoisotopic (exact) mass is 224 g/mol. The van der Waals surface area contributed by atoms with Crippen molar-refractivity contribution in [1.29, 1.82) is 0 Å². The van der Waals surface area contributed by atoms with E-state index in [-0.39, 0.29) is 5.88 Å². The van der Waals surface area contributed by atoms with Crippen molar-refractivity contribution in [2.45, 2.75) is 6.92 Å². The number of aromatic nitrogens is 2. The third-order valence-corrected chi connectivity index (χ3v) is 2.86. The van der Waals surface area contributed by atoms with Gasteiger partial charge in [0.15, 0.2) is 5.88 Å². The van der Waals surface area contributed by atoms with Crippen molar-refractivity contribution in [2.75, 3.05) is 0 Å². The molecule has 17 heavy (non-hydrogen) atoms. The maximum absolute atomic E-state index is 9.55. The zero-order valence-electron chi connectivity index (χ0n) is 9.44. The molecular weight excluding hydrogens is 212 g/mol. The first-order valence-electron chi connectivity index (χ1n) is 5.48. The molecule has 0 saturated heterocycles. The van der Waals surface area contributed by atoms with E-state index >= 15 is 0 Å². The second-order valence-electron chi connectivity index (χ2n) is 4.10. The Bertz CT molecular complexity index is 686. The summed E-state index contributed by atoms with van der Waals surface area (Å²) in [5, 5.41) is 11.4. The normalized spacial score (nSPS) is 10.9. The molecule has 2 heterocycles. The first-order chi connectivity index (χ1) is 8.24. The van der Waals surface area contributed by atoms with Gasteiger partial charge in [-0.05, 0) is 31.2 Å². The molecule has 3 heteroatoms. The Kier molecular flexibility index (Phi) is 2.11. The smallest absolute Gasteiger partial charge is 0.196 e. The summed E-state index contributed by atoms with van der Waals surface area (Å²) in [6.45, 7) is 1.98. The molecular formula is C14H12N2O. The lowest BCUT2D eigenvalue weighted by Crippen LogP contribution is -1.85. The molecule has 0 aliphatic heterocycles. The molecule has 0 fully saturated rings. The first-order valence-corrected chi connectivity index (χ1v) is 5.48. The van der Waals surface area contributed by atoms with E-state index in [0.717, 1.165) is 27.7 Å². The molecule has 0 amide bonds. The molecule has 84 valence electrons. The van der Waals surface area contributed by atoms with Crippen LogP contribution in [0.4, 0.5) is 0 Å². The second kappa shape index (κ2) is 3.63. The second-order valence-corrected chi connectivity index (χ2v) is 4.10. The van der Waals surface area contributed by atoms with Crippen LogP contribution >= 0.6 is 0 Å². The van der Waals surface area contributed by atoms with Gasteiger partial charge in [0.1, 0.15) is 0 Å². The zero-order valence-corrected chi connectivity index (χ0v) is 9.44. The summed E-state index contributed by atoms with van der Waals surface area (Å²) in [5.74, 6) is 0.212. The minimum atomic E-state index is 0.212. The molecule has 3 aromatic rings. The van der Waals surface area contributed by atoms with Crippen molar-refractivity contribution in [3.8, 4) is 17.1 Å². The summed E-state index contributed by atoms with van der Waals surface area (Å²) in [4.78, 5) is 7.29. The van der Waals surface area contributed by atoms with Crippen LogP contribution in [-0.2, 0) is 0 Å². The number of aromatic amines is 1. The lowest BCUT2D eigenvalue weighted by Gasteiger charge is -2.02. The fourth-order valence-corrected chi connectivity index (χ4v) is 1.98. The summed E-state index contributed by atoms with van der Waals surface area (Å²) < 4.78 is 0. The van der Waals surface area contributed by atoms with E-state index in [4.69, 9.17) is 0 Å². The van der Waals surface area contributed by atoms with Gasteiger partial charge in [-0.2, -0.15) is 0 Å². The number of pyridine rings is 1. The number of aryl methyl sites for hydroxylation is 1. The molecule has 3 rings (SSSR count). The zero-order chi connectivity index (χ0) is 11.8. The molecule has 0 aliphatic rings. The van der Waals surface area contributed by atoms with Gasteiger partial charge < -0.3 is 10.1 Å². The predicted octanol–water partition coefficient (Wildman–Crippen LogP) is 3.24. The highest BCUT2D eigenvalue weighted by atomic mass is 16.3. The molecule has 3 nitrogen and oxygen atoms in total. The molecule has 0 unspecified atom stereocenters. The number of hydrogen-bond acceptors (Lipinski definition) is 2. The van der Waals surface area contributed by atoms with Crippen molar-refractivity contribution >= 4 is 10.8 Å². The number of aromatic hydroxyl groups is 1. The van der Waals surface area contributed by atoms with Crippen molar-refractivity contribution in [2.24, 2.45) is 0 Å². The van der Waals surface area contributed by atoms with Gasteiger partial charge in [0.2, 0.25) is 0 Å². The van der Waals surface area contributed by atoms with Crippen LogP contribution in [-0.4, -0.2) is 15.1 Å². The van der Waals surface area contributed by atoms with Crippen LogP contribution in [0.2, 0.25) is 0 Å². The number of nitrogens with one attached hydrogen (secondary N) is 1. The van der Waals surface area contributed by atoms with Crippen molar-refractivity contribution in [3.05, 3.63) is 48.3 Å². The maximum Gasteiger partial charge on any atom is 0.196 e. The molecule has 0 atom stereocenters. The summed E-state index contributed by atoms with van der Waals surface area (Å²) in [6.07, 6.45) is 1.80. The van der Waals surface area contributed by atoms with Gasteiger partial charge in [0, 0.05) is 28.2 Å². The Morgan fingerprint density at radius 2 is 2.06 bits per heavy atom. The maximum atomic E-state index is 9.55. The largest absolute Gasteiger partial charge is 0.494 e. The van der Waals surface area contributed by atoms with E-state index in [1.807, 2.05) is 43.3 Å². The number of H-pyrrole nitrogens is 1. The van der Waals surface area contributed by atoms with Crippen molar-refractivity contribution < 1.29 is 5.11 Å². The molecule has 0 aliphatic carbocycles. The van der Waals surface area contributed by atoms with Gasteiger partial charge in [-0.1, -0.05) is 12.1 Å². The molecule has 1 aromatic carbocycles. The molecule has 0 radical (unpaired) electrons. The third-order valence-electron chi connectivity index (χ3n) is 2.86. The SMILES string of the molecule is Cc1cccc(-c2ccc3c(O)[nH]cc3c2)n1. The average molecular weight is 224 g/mol. The van der Waals surface area contributed by atoms with Gasteiger partial charge in [0.05, 0.1) is 5.69 Å². The van der Waals surface area contributed by atoms with E-state index in [0.29, 0.717) is 0 Å². The van der Waals surface area contributed by atoms with Crippen molar-refractivity contribution in [3.63, 3.8) is 0 Å². The van der Waals surface area contributed by atoms with Crippen LogP contribution < -0.4 is 0 Å². The Morgan fingerprint density at radius 3 is 2.88 bits per heavy atom. The van der Waals surface area contributed by atoms with E-state index < -0.39 is 0 Å². The number of fused-ring (bicyclic) bond motifs is 1. The van der Waals surface area contributed by atoms with Gasteiger partial charge in [-0.15, -0.1) is 0 Å². The van der Waals surface area contributed by atoms with Gasteiger partial charge >= 0.3 is 0 Å². The van der Waals surface area contributed by atoms with E-state index in [9.17, 15) is 5.11 Å². The minimum Gasteiger partial charge on any atom is -0.494 e. The minimum absolute atomic E-state index is 0.212. The summed E-state index contributed by atoms with van der Waals surface area (Å²) in [5.41, 5.74) is 3.01. The Hall–Kier alpha value is -2.29. The third kappa shape index (κ3) is 1.65. The summed E-state index contributed by atoms with van der Waals surface area (Å²) in [6, 6.07) is 11.9. The fourth-order valence-electron chi connectivity index (χ4n) is 1.98. The predicted molar refractivity (Wildman–Crippen MR) is 67.9 cm³/mol. The van der Waals surface area contributed by atoms with Crippen LogP contribution in [0.1, 0.15) is 5.69 Å². The number of rotatable bonds is 1. The Labute approximate surface area is 98.8 Å². The molecule has 0 bridgehead atoms. The highest BCUT2D eigenvalue weighted by Gasteiger charge is 2.05. The van der Waals surface area contributed by atoms with Gasteiger partial charge in [-0.3, -0.25) is 4.98 Å². The van der Waals surface area contributed by atoms with Crippen LogP contribution in [0.5, 0.6) is 5.88 Å². The quantitative estimate of drug-likeness (QED) is 0.666.